The second-order valence-corrected chi connectivity index (χ2v) is 8.98. The van der Waals surface area contributed by atoms with Gasteiger partial charge in [-0.1, -0.05) is 0 Å². The van der Waals surface area contributed by atoms with E-state index in [-0.39, 0.29) is 21.1 Å². The van der Waals surface area contributed by atoms with Gasteiger partial charge in [-0.2, -0.15) is 10.2 Å². The highest BCUT2D eigenvalue weighted by Crippen LogP contribution is 2.43. The maximum atomic E-state index is 13.6. The molecule has 0 unspecified atom stereocenters. The molecule has 0 spiro atoms. The van der Waals surface area contributed by atoms with Gasteiger partial charge in [-0.25, -0.2) is 13.8 Å². The Balaban J connectivity index is 1.99. The summed E-state index contributed by atoms with van der Waals surface area (Å²) in [4.78, 5) is 29.6. The minimum Gasteiger partial charge on any atom is -0.365 e. The number of aromatic nitrogens is 5. The van der Waals surface area contributed by atoms with Crippen LogP contribution < -0.4 is 11.1 Å². The molecule has 0 aliphatic heterocycles. The summed E-state index contributed by atoms with van der Waals surface area (Å²) in [6.07, 6.45) is 0.187. The molecule has 0 fully saturated rings. The highest BCUT2D eigenvalue weighted by atomic mass is 79.9. The van der Waals surface area contributed by atoms with Gasteiger partial charge in [0.1, 0.15) is 21.1 Å². The van der Waals surface area contributed by atoms with E-state index in [1.54, 1.807) is 18.7 Å². The van der Waals surface area contributed by atoms with Crippen LogP contribution in [-0.2, 0) is 13.6 Å². The average molecular weight is 538 g/mol. The first-order valence-corrected chi connectivity index (χ1v) is 11.3. The maximum Gasteiger partial charge on any atom is 0.280 e. The summed E-state index contributed by atoms with van der Waals surface area (Å²) >= 11 is 4.15. The van der Waals surface area contributed by atoms with Crippen molar-refractivity contribution in [1.29, 1.82) is 0 Å². The van der Waals surface area contributed by atoms with Gasteiger partial charge in [-0.05, 0) is 41.4 Å². The standard InChI is InChI=1S/C20H18BrF2N7O2S/c1-4-30-15(11(21)7-26-30)19(32)28-14-13-9(10-6-25-29(3)8(10)2)5-12(17(22)23)27-20(13)33-16(14)18(24)31/h5-7,17H,4H2,1-3H3,(H2,24,31)(H,28,32). The topological polar surface area (TPSA) is 121 Å². The Morgan fingerprint density at radius 1 is 1.27 bits per heavy atom. The largest absolute Gasteiger partial charge is 0.365 e. The number of hydrogen-bond donors (Lipinski definition) is 2. The van der Waals surface area contributed by atoms with Crippen molar-refractivity contribution < 1.29 is 18.4 Å². The molecule has 0 bridgehead atoms. The van der Waals surface area contributed by atoms with E-state index in [2.05, 4.69) is 36.4 Å². The lowest BCUT2D eigenvalue weighted by molar-refractivity contribution is 0.100. The molecular formula is C20H18BrF2N7O2S. The normalized spacial score (nSPS) is 11.5. The summed E-state index contributed by atoms with van der Waals surface area (Å²) in [5.41, 5.74) is 7.11. The number of anilines is 1. The molecule has 0 saturated heterocycles. The molecule has 0 radical (unpaired) electrons. The van der Waals surface area contributed by atoms with Gasteiger partial charge in [0.25, 0.3) is 18.2 Å². The zero-order chi connectivity index (χ0) is 24.0. The van der Waals surface area contributed by atoms with Gasteiger partial charge in [-0.3, -0.25) is 19.0 Å². The predicted octanol–water partition coefficient (Wildman–Crippen LogP) is 4.27. The fourth-order valence-electron chi connectivity index (χ4n) is 3.50. The van der Waals surface area contributed by atoms with Crippen molar-refractivity contribution in [3.63, 3.8) is 0 Å². The number of carbonyl (C=O) groups excluding carboxylic acids is 2. The molecule has 2 amide bonds. The zero-order valence-electron chi connectivity index (χ0n) is 17.7. The third-order valence-electron chi connectivity index (χ3n) is 5.20. The lowest BCUT2D eigenvalue weighted by atomic mass is 10.0. The molecule has 9 nitrogen and oxygen atoms in total. The third-order valence-corrected chi connectivity index (χ3v) is 6.88. The number of alkyl halides is 2. The maximum absolute atomic E-state index is 13.6. The van der Waals surface area contributed by atoms with Gasteiger partial charge in [0, 0.05) is 30.2 Å². The number of nitrogens with two attached hydrogens (primary N) is 1. The smallest absolute Gasteiger partial charge is 0.280 e. The van der Waals surface area contributed by atoms with Gasteiger partial charge in [-0.15, -0.1) is 11.3 Å². The van der Waals surface area contributed by atoms with E-state index >= 15 is 0 Å². The molecule has 172 valence electrons. The van der Waals surface area contributed by atoms with Crippen LogP contribution in [0.2, 0.25) is 0 Å². The number of nitrogens with one attached hydrogen (secondary N) is 1. The second-order valence-electron chi connectivity index (χ2n) is 7.12. The van der Waals surface area contributed by atoms with Crippen LogP contribution in [-0.4, -0.2) is 36.4 Å². The summed E-state index contributed by atoms with van der Waals surface area (Å²) in [6, 6.07) is 1.25. The number of halogens is 3. The van der Waals surface area contributed by atoms with E-state index in [0.717, 1.165) is 11.3 Å². The van der Waals surface area contributed by atoms with E-state index in [1.807, 2.05) is 6.92 Å². The van der Waals surface area contributed by atoms with E-state index in [0.29, 0.717) is 33.2 Å². The van der Waals surface area contributed by atoms with Crippen LogP contribution in [0.4, 0.5) is 14.5 Å². The Bertz CT molecular complexity index is 1410. The van der Waals surface area contributed by atoms with E-state index in [4.69, 9.17) is 5.73 Å². The van der Waals surface area contributed by atoms with Crippen LogP contribution in [0.25, 0.3) is 21.3 Å². The molecular weight excluding hydrogens is 520 g/mol. The van der Waals surface area contributed by atoms with Crippen LogP contribution in [0.15, 0.2) is 22.9 Å². The molecule has 0 saturated carbocycles. The van der Waals surface area contributed by atoms with Crippen LogP contribution >= 0.6 is 27.3 Å². The van der Waals surface area contributed by atoms with E-state index in [9.17, 15) is 18.4 Å². The number of carbonyl (C=O) groups is 2. The monoisotopic (exact) mass is 537 g/mol. The molecule has 33 heavy (non-hydrogen) atoms. The highest BCUT2D eigenvalue weighted by Gasteiger charge is 2.27. The Hall–Kier alpha value is -3.19. The molecule has 4 aromatic heterocycles. The van der Waals surface area contributed by atoms with Crippen LogP contribution in [0.1, 0.15) is 44.9 Å². The SMILES string of the molecule is CCn1ncc(Br)c1C(=O)Nc1c(C(N)=O)sc2nc(C(F)F)cc(-c3cnn(C)c3C)c12. The third kappa shape index (κ3) is 3.91. The van der Waals surface area contributed by atoms with E-state index < -0.39 is 23.9 Å². The van der Waals surface area contributed by atoms with Gasteiger partial charge in [0.2, 0.25) is 0 Å². The molecule has 0 atom stereocenters. The lowest BCUT2D eigenvalue weighted by Crippen LogP contribution is -2.20. The van der Waals surface area contributed by atoms with Gasteiger partial charge in [0.05, 0.1) is 22.6 Å². The Kier molecular flexibility index (Phi) is 6.01. The number of hydrogen-bond acceptors (Lipinski definition) is 6. The molecule has 4 heterocycles. The van der Waals surface area contributed by atoms with E-state index in [1.165, 1.54) is 23.1 Å². The molecule has 0 aliphatic carbocycles. The van der Waals surface area contributed by atoms with Crippen molar-refractivity contribution in [2.24, 2.45) is 12.8 Å². The summed E-state index contributed by atoms with van der Waals surface area (Å²) < 4.78 is 30.8. The predicted molar refractivity (Wildman–Crippen MR) is 124 cm³/mol. The van der Waals surface area contributed by atoms with Crippen molar-refractivity contribution in [3.05, 3.63) is 44.9 Å². The molecule has 4 aromatic rings. The number of aryl methyl sites for hydroxylation is 2. The molecule has 13 heteroatoms. The second kappa shape index (κ2) is 8.63. The first-order chi connectivity index (χ1) is 15.6. The number of pyridine rings is 1. The molecule has 0 aliphatic rings. The Labute approximate surface area is 198 Å². The number of fused-ring (bicyclic) bond motifs is 1. The summed E-state index contributed by atoms with van der Waals surface area (Å²) in [6.45, 7) is 4.04. The number of amides is 2. The fraction of sp³-hybridized carbons (Fsp3) is 0.250. The molecule has 0 aromatic carbocycles. The van der Waals surface area contributed by atoms with Crippen molar-refractivity contribution >= 4 is 55.0 Å². The Morgan fingerprint density at radius 3 is 2.58 bits per heavy atom. The lowest BCUT2D eigenvalue weighted by Gasteiger charge is -2.11. The molecule has 3 N–H and O–H groups in total. The van der Waals surface area contributed by atoms with Crippen LogP contribution in [0, 0.1) is 6.92 Å². The minimum absolute atomic E-state index is 0.00116. The van der Waals surface area contributed by atoms with Crippen LogP contribution in [0.3, 0.4) is 0 Å². The summed E-state index contributed by atoms with van der Waals surface area (Å²) in [5.74, 6) is -1.36. The summed E-state index contributed by atoms with van der Waals surface area (Å²) in [7, 11) is 1.72. The van der Waals surface area contributed by atoms with Gasteiger partial charge in [0.15, 0.2) is 0 Å². The quantitative estimate of drug-likeness (QED) is 0.380. The minimum atomic E-state index is -2.84. The van der Waals surface area contributed by atoms with Crippen molar-refractivity contribution in [1.82, 2.24) is 24.5 Å². The molecule has 4 rings (SSSR count). The van der Waals surface area contributed by atoms with Crippen LogP contribution in [0.5, 0.6) is 0 Å². The van der Waals surface area contributed by atoms with Crippen molar-refractivity contribution in [2.75, 3.05) is 5.32 Å². The zero-order valence-corrected chi connectivity index (χ0v) is 20.1. The van der Waals surface area contributed by atoms with Gasteiger partial charge < -0.3 is 11.1 Å². The number of primary amides is 1. The fourth-order valence-corrected chi connectivity index (χ4v) is 4.99. The van der Waals surface area contributed by atoms with Crippen molar-refractivity contribution in [2.45, 2.75) is 26.8 Å². The number of thiophene rings is 1. The Morgan fingerprint density at radius 2 is 2.00 bits per heavy atom. The van der Waals surface area contributed by atoms with Gasteiger partial charge >= 0.3 is 0 Å². The highest BCUT2D eigenvalue weighted by molar-refractivity contribution is 9.10. The summed E-state index contributed by atoms with van der Waals surface area (Å²) in [5, 5.41) is 11.4. The first-order valence-electron chi connectivity index (χ1n) is 9.71. The van der Waals surface area contributed by atoms with Crippen molar-refractivity contribution in [3.8, 4) is 11.1 Å². The number of rotatable bonds is 6. The average Bonchev–Trinajstić information content (AvgIpc) is 3.43. The number of nitrogens with zero attached hydrogens (tertiary/aromatic N) is 5. The first kappa shape index (κ1) is 23.0.